The number of para-hydroxylation sites is 2. The third kappa shape index (κ3) is 4.19. The van der Waals surface area contributed by atoms with Crippen LogP contribution in [0.3, 0.4) is 0 Å². The van der Waals surface area contributed by atoms with Crippen molar-refractivity contribution in [2.24, 2.45) is 5.73 Å². The highest BCUT2D eigenvalue weighted by Crippen LogP contribution is 2.36. The minimum Gasteiger partial charge on any atom is -0.497 e. The third-order valence-electron chi connectivity index (χ3n) is 5.72. The van der Waals surface area contributed by atoms with E-state index in [1.54, 1.807) is 67.9 Å². The molecular formula is C26H21FN4O4. The summed E-state index contributed by atoms with van der Waals surface area (Å²) >= 11 is 0. The number of primary amides is 1. The number of amides is 2. The molecule has 0 spiro atoms. The predicted molar refractivity (Wildman–Crippen MR) is 127 cm³/mol. The van der Waals surface area contributed by atoms with Gasteiger partial charge in [-0.15, -0.1) is 0 Å². The van der Waals surface area contributed by atoms with Gasteiger partial charge in [0.2, 0.25) is 0 Å². The van der Waals surface area contributed by atoms with Crippen LogP contribution in [0.15, 0.2) is 79.0 Å². The maximum Gasteiger partial charge on any atom is 0.262 e. The molecule has 0 saturated heterocycles. The molecule has 2 N–H and O–H groups in total. The van der Waals surface area contributed by atoms with E-state index in [1.807, 2.05) is 6.07 Å². The zero-order chi connectivity index (χ0) is 24.5. The number of hydrogen-bond donors (Lipinski definition) is 1. The lowest BCUT2D eigenvalue weighted by Gasteiger charge is -2.33. The second kappa shape index (κ2) is 8.94. The van der Waals surface area contributed by atoms with Crippen molar-refractivity contribution in [1.29, 1.82) is 0 Å². The second-order valence-corrected chi connectivity index (χ2v) is 7.94. The Labute approximate surface area is 200 Å². The van der Waals surface area contributed by atoms with Crippen molar-refractivity contribution in [1.82, 2.24) is 9.78 Å². The van der Waals surface area contributed by atoms with Crippen molar-refractivity contribution in [2.45, 2.75) is 6.10 Å². The summed E-state index contributed by atoms with van der Waals surface area (Å²) in [5.41, 5.74) is 7.93. The van der Waals surface area contributed by atoms with Gasteiger partial charge in [-0.3, -0.25) is 9.59 Å². The van der Waals surface area contributed by atoms with E-state index in [1.165, 1.54) is 21.7 Å². The van der Waals surface area contributed by atoms with Gasteiger partial charge in [-0.2, -0.15) is 5.10 Å². The monoisotopic (exact) mass is 472 g/mol. The zero-order valence-electron chi connectivity index (χ0n) is 18.7. The Balaban J connectivity index is 1.64. The maximum absolute atomic E-state index is 14.0. The molecular weight excluding hydrogens is 451 g/mol. The predicted octanol–water partition coefficient (Wildman–Crippen LogP) is 3.58. The smallest absolute Gasteiger partial charge is 0.262 e. The molecule has 0 radical (unpaired) electrons. The Hall–Kier alpha value is -4.66. The highest BCUT2D eigenvalue weighted by atomic mass is 19.1. The number of ether oxygens (including phenoxy) is 2. The average molecular weight is 472 g/mol. The molecule has 0 aliphatic carbocycles. The molecule has 8 nitrogen and oxygen atoms in total. The van der Waals surface area contributed by atoms with Crippen molar-refractivity contribution in [3.8, 4) is 28.4 Å². The van der Waals surface area contributed by atoms with Gasteiger partial charge in [0.05, 0.1) is 30.6 Å². The fourth-order valence-corrected chi connectivity index (χ4v) is 3.96. The molecule has 2 amide bonds. The number of aromatic nitrogens is 2. The summed E-state index contributed by atoms with van der Waals surface area (Å²) in [4.78, 5) is 27.4. The molecule has 1 aromatic heterocycles. The lowest BCUT2D eigenvalue weighted by Crippen LogP contribution is -2.49. The zero-order valence-corrected chi connectivity index (χ0v) is 18.7. The van der Waals surface area contributed by atoms with Gasteiger partial charge >= 0.3 is 0 Å². The number of benzene rings is 3. The molecule has 5 rings (SSSR count). The first kappa shape index (κ1) is 22.1. The van der Waals surface area contributed by atoms with E-state index >= 15 is 0 Å². The Morgan fingerprint density at radius 3 is 2.60 bits per heavy atom. The number of nitrogens with two attached hydrogens (primary N) is 1. The number of carbonyl (C=O) groups excluding carboxylic acids is 2. The van der Waals surface area contributed by atoms with E-state index < -0.39 is 17.9 Å². The first-order valence-electron chi connectivity index (χ1n) is 10.8. The molecule has 176 valence electrons. The molecule has 0 fully saturated rings. The Morgan fingerprint density at radius 1 is 1.09 bits per heavy atom. The molecule has 1 aliphatic heterocycles. The average Bonchev–Trinajstić information content (AvgIpc) is 3.33. The van der Waals surface area contributed by atoms with Crippen LogP contribution < -0.4 is 20.1 Å². The highest BCUT2D eigenvalue weighted by Gasteiger charge is 2.35. The van der Waals surface area contributed by atoms with E-state index in [4.69, 9.17) is 15.2 Å². The third-order valence-corrected chi connectivity index (χ3v) is 5.72. The maximum atomic E-state index is 14.0. The molecule has 2 heterocycles. The summed E-state index contributed by atoms with van der Waals surface area (Å²) in [5.74, 6) is -0.467. The molecule has 1 atom stereocenters. The number of carbonyl (C=O) groups is 2. The number of rotatable bonds is 5. The van der Waals surface area contributed by atoms with Crippen LogP contribution in [0.25, 0.3) is 16.9 Å². The molecule has 0 bridgehead atoms. The number of hydrogen-bond acceptors (Lipinski definition) is 5. The molecule has 0 saturated carbocycles. The van der Waals surface area contributed by atoms with Crippen LogP contribution in [0.1, 0.15) is 10.4 Å². The van der Waals surface area contributed by atoms with Gasteiger partial charge in [0.1, 0.15) is 23.0 Å². The Bertz CT molecular complexity index is 1420. The van der Waals surface area contributed by atoms with E-state index in [9.17, 15) is 14.0 Å². The molecule has 3 aromatic carbocycles. The van der Waals surface area contributed by atoms with E-state index in [0.717, 1.165) is 0 Å². The van der Waals surface area contributed by atoms with Gasteiger partial charge in [0.25, 0.3) is 11.8 Å². The molecule has 4 aromatic rings. The molecule has 1 aliphatic rings. The topological polar surface area (TPSA) is 99.7 Å². The van der Waals surface area contributed by atoms with Crippen molar-refractivity contribution in [3.63, 3.8) is 0 Å². The van der Waals surface area contributed by atoms with Crippen LogP contribution in [0.2, 0.25) is 0 Å². The fourth-order valence-electron chi connectivity index (χ4n) is 3.96. The van der Waals surface area contributed by atoms with E-state index in [2.05, 4.69) is 5.10 Å². The minimum atomic E-state index is -0.999. The van der Waals surface area contributed by atoms with Gasteiger partial charge in [0.15, 0.2) is 6.10 Å². The number of anilines is 1. The summed E-state index contributed by atoms with van der Waals surface area (Å²) < 4.78 is 26.1. The van der Waals surface area contributed by atoms with Crippen molar-refractivity contribution in [3.05, 3.63) is 90.4 Å². The van der Waals surface area contributed by atoms with Crippen LogP contribution in [0.5, 0.6) is 11.5 Å². The van der Waals surface area contributed by atoms with Gasteiger partial charge in [-0.05, 0) is 48.5 Å². The number of halogens is 1. The van der Waals surface area contributed by atoms with Crippen LogP contribution in [0.4, 0.5) is 10.1 Å². The first-order valence-corrected chi connectivity index (χ1v) is 10.8. The highest BCUT2D eigenvalue weighted by molar-refractivity contribution is 6.11. The summed E-state index contributed by atoms with van der Waals surface area (Å²) in [6.07, 6.45) is 0.586. The van der Waals surface area contributed by atoms with Gasteiger partial charge in [0, 0.05) is 11.8 Å². The number of fused-ring (bicyclic) bond motifs is 1. The van der Waals surface area contributed by atoms with Gasteiger partial charge in [-0.1, -0.05) is 24.3 Å². The van der Waals surface area contributed by atoms with Gasteiger partial charge in [-0.25, -0.2) is 9.07 Å². The van der Waals surface area contributed by atoms with E-state index in [0.29, 0.717) is 34.1 Å². The molecule has 35 heavy (non-hydrogen) atoms. The van der Waals surface area contributed by atoms with Crippen LogP contribution in [-0.4, -0.2) is 41.4 Å². The Kier molecular flexibility index (Phi) is 5.66. The molecule has 0 unspecified atom stereocenters. The van der Waals surface area contributed by atoms with Crippen molar-refractivity contribution in [2.75, 3.05) is 18.6 Å². The fraction of sp³-hybridized carbons (Fsp3) is 0.115. The summed E-state index contributed by atoms with van der Waals surface area (Å²) in [7, 11) is 1.55. The lowest BCUT2D eigenvalue weighted by atomic mass is 10.1. The summed E-state index contributed by atoms with van der Waals surface area (Å²) in [6.45, 7) is -0.0511. The van der Waals surface area contributed by atoms with Crippen LogP contribution in [-0.2, 0) is 4.79 Å². The molecule has 9 heteroatoms. The van der Waals surface area contributed by atoms with Gasteiger partial charge < -0.3 is 20.1 Å². The quantitative estimate of drug-likeness (QED) is 0.479. The minimum absolute atomic E-state index is 0.0511. The van der Waals surface area contributed by atoms with Crippen LogP contribution in [0, 0.1) is 5.82 Å². The first-order chi connectivity index (χ1) is 16.9. The largest absolute Gasteiger partial charge is 0.497 e. The SMILES string of the molecule is COc1cccc(-c2nn(-c3ccc(F)cc3)cc2C(=O)N2C[C@H](C(N)=O)Oc3ccccc32)c1. The van der Waals surface area contributed by atoms with Crippen molar-refractivity contribution >= 4 is 17.5 Å². The van der Waals surface area contributed by atoms with Crippen molar-refractivity contribution < 1.29 is 23.5 Å². The van der Waals surface area contributed by atoms with Crippen LogP contribution >= 0.6 is 0 Å². The number of nitrogens with zero attached hydrogens (tertiary/aromatic N) is 3. The number of methoxy groups -OCH3 is 1. The standard InChI is InChI=1S/C26H21FN4O4/c1-34-19-6-4-5-16(13-19)24-20(14-31(29-24)18-11-9-17(27)10-12-18)26(33)30-15-23(25(28)32)35-22-8-3-2-7-21(22)30/h2-14,23H,15H2,1H3,(H2,28,32)/t23-/m1/s1. The second-order valence-electron chi connectivity index (χ2n) is 7.94. The Morgan fingerprint density at radius 2 is 1.86 bits per heavy atom. The van der Waals surface area contributed by atoms with E-state index in [-0.39, 0.29) is 17.9 Å². The summed E-state index contributed by atoms with van der Waals surface area (Å²) in [5, 5.41) is 4.65. The summed E-state index contributed by atoms with van der Waals surface area (Å²) in [6, 6.07) is 19.9. The lowest BCUT2D eigenvalue weighted by molar-refractivity contribution is -0.124. The normalized spacial score (nSPS) is 14.7.